The predicted molar refractivity (Wildman–Crippen MR) is 103 cm³/mol. The summed E-state index contributed by atoms with van der Waals surface area (Å²) in [6, 6.07) is 14.5. The van der Waals surface area contributed by atoms with E-state index < -0.39 is 0 Å². The Morgan fingerprint density at radius 1 is 1.12 bits per heavy atom. The monoisotopic (exact) mass is 369 g/mol. The molecule has 1 N–H and O–H groups in total. The Labute approximate surface area is 156 Å². The molecule has 0 aliphatic carbocycles. The average molecular weight is 369 g/mol. The van der Waals surface area contributed by atoms with E-state index in [1.807, 2.05) is 24.3 Å². The van der Waals surface area contributed by atoms with Gasteiger partial charge in [0.1, 0.15) is 11.6 Å². The smallest absolute Gasteiger partial charge is 0.190 e. The molecule has 0 bridgehead atoms. The molecule has 1 unspecified atom stereocenters. The van der Waals surface area contributed by atoms with Gasteiger partial charge in [-0.15, -0.1) is 0 Å². The fourth-order valence-corrected chi connectivity index (χ4v) is 3.81. The standard InChI is InChI=1S/C20H20FN3OS/c21-15-9-7-14(8-10-15)13-26-20-23-18-6-2-1-5-17(18)19(24-20)22-12-16-4-3-11-25-16/h1-2,5-10,16H,3-4,11-13H2,(H,22,23,24). The Bertz CT molecular complexity index is 882. The summed E-state index contributed by atoms with van der Waals surface area (Å²) in [7, 11) is 0. The van der Waals surface area contributed by atoms with Crippen LogP contribution in [0, 0.1) is 5.82 Å². The number of halogens is 1. The van der Waals surface area contributed by atoms with Crippen molar-refractivity contribution < 1.29 is 9.13 Å². The first-order valence-electron chi connectivity index (χ1n) is 8.77. The summed E-state index contributed by atoms with van der Waals surface area (Å²) in [5.74, 6) is 1.32. The van der Waals surface area contributed by atoms with Crippen molar-refractivity contribution >= 4 is 28.5 Å². The molecule has 0 spiro atoms. The number of rotatable bonds is 6. The van der Waals surface area contributed by atoms with Crippen LogP contribution in [-0.4, -0.2) is 29.2 Å². The maximum Gasteiger partial charge on any atom is 0.190 e. The summed E-state index contributed by atoms with van der Waals surface area (Å²) >= 11 is 1.55. The summed E-state index contributed by atoms with van der Waals surface area (Å²) in [5, 5.41) is 5.16. The van der Waals surface area contributed by atoms with Gasteiger partial charge in [-0.25, -0.2) is 14.4 Å². The van der Waals surface area contributed by atoms with Gasteiger partial charge in [-0.05, 0) is 42.7 Å². The minimum Gasteiger partial charge on any atom is -0.376 e. The molecule has 1 aliphatic rings. The van der Waals surface area contributed by atoms with Crippen molar-refractivity contribution in [1.82, 2.24) is 9.97 Å². The van der Waals surface area contributed by atoms with Crippen molar-refractivity contribution in [1.29, 1.82) is 0 Å². The quantitative estimate of drug-likeness (QED) is 0.506. The van der Waals surface area contributed by atoms with Crippen LogP contribution in [-0.2, 0) is 10.5 Å². The Morgan fingerprint density at radius 3 is 2.77 bits per heavy atom. The minimum absolute atomic E-state index is 0.221. The average Bonchev–Trinajstić information content (AvgIpc) is 3.19. The fraction of sp³-hybridized carbons (Fsp3) is 0.300. The number of nitrogens with one attached hydrogen (secondary N) is 1. The molecule has 1 aliphatic heterocycles. The Hall–Kier alpha value is -2.18. The molecule has 2 aromatic carbocycles. The van der Waals surface area contributed by atoms with Crippen molar-refractivity contribution in [3.8, 4) is 0 Å². The molecule has 6 heteroatoms. The van der Waals surface area contributed by atoms with Crippen LogP contribution in [0.15, 0.2) is 53.7 Å². The highest BCUT2D eigenvalue weighted by Crippen LogP contribution is 2.27. The molecule has 134 valence electrons. The van der Waals surface area contributed by atoms with Crippen LogP contribution in [0.2, 0.25) is 0 Å². The van der Waals surface area contributed by atoms with Gasteiger partial charge >= 0.3 is 0 Å². The van der Waals surface area contributed by atoms with Gasteiger partial charge in [0, 0.05) is 24.3 Å². The van der Waals surface area contributed by atoms with Crippen molar-refractivity contribution in [2.24, 2.45) is 0 Å². The second-order valence-corrected chi connectivity index (χ2v) is 7.25. The van der Waals surface area contributed by atoms with Crippen molar-refractivity contribution in [3.63, 3.8) is 0 Å². The number of ether oxygens (including phenoxy) is 1. The van der Waals surface area contributed by atoms with Gasteiger partial charge in [-0.3, -0.25) is 0 Å². The lowest BCUT2D eigenvalue weighted by Crippen LogP contribution is -2.19. The number of aromatic nitrogens is 2. The van der Waals surface area contributed by atoms with E-state index >= 15 is 0 Å². The lowest BCUT2D eigenvalue weighted by molar-refractivity contribution is 0.120. The number of thioether (sulfide) groups is 1. The van der Waals surface area contributed by atoms with E-state index in [2.05, 4.69) is 10.3 Å². The predicted octanol–water partition coefficient (Wildman–Crippen LogP) is 4.65. The van der Waals surface area contributed by atoms with E-state index in [9.17, 15) is 4.39 Å². The molecule has 4 nitrogen and oxygen atoms in total. The highest BCUT2D eigenvalue weighted by atomic mass is 32.2. The van der Waals surface area contributed by atoms with Gasteiger partial charge in [-0.1, -0.05) is 36.0 Å². The van der Waals surface area contributed by atoms with Crippen LogP contribution in [0.5, 0.6) is 0 Å². The van der Waals surface area contributed by atoms with Gasteiger partial charge in [0.2, 0.25) is 0 Å². The van der Waals surface area contributed by atoms with Gasteiger partial charge < -0.3 is 10.1 Å². The van der Waals surface area contributed by atoms with E-state index in [1.165, 1.54) is 12.1 Å². The van der Waals surface area contributed by atoms with E-state index in [0.29, 0.717) is 10.9 Å². The highest BCUT2D eigenvalue weighted by Gasteiger charge is 2.16. The molecule has 1 fully saturated rings. The topological polar surface area (TPSA) is 47.0 Å². The van der Waals surface area contributed by atoms with Crippen molar-refractivity contribution in [2.45, 2.75) is 29.9 Å². The maximum absolute atomic E-state index is 13.0. The Kier molecular flexibility index (Phi) is 5.32. The molecule has 0 radical (unpaired) electrons. The second-order valence-electron chi connectivity index (χ2n) is 6.30. The zero-order chi connectivity index (χ0) is 17.8. The summed E-state index contributed by atoms with van der Waals surface area (Å²) < 4.78 is 18.7. The zero-order valence-electron chi connectivity index (χ0n) is 14.3. The molecular weight excluding hydrogens is 349 g/mol. The molecule has 1 atom stereocenters. The van der Waals surface area contributed by atoms with Crippen molar-refractivity contribution in [2.75, 3.05) is 18.5 Å². The lowest BCUT2D eigenvalue weighted by Gasteiger charge is -2.14. The normalized spacial score (nSPS) is 16.9. The molecule has 0 saturated carbocycles. The summed E-state index contributed by atoms with van der Waals surface area (Å²) in [6.07, 6.45) is 2.46. The van der Waals surface area contributed by atoms with Crippen molar-refractivity contribution in [3.05, 3.63) is 59.9 Å². The number of para-hydroxylation sites is 1. The first kappa shape index (κ1) is 17.2. The SMILES string of the molecule is Fc1ccc(CSc2nc(NCC3CCCO3)c3ccccc3n2)cc1. The molecule has 1 aromatic heterocycles. The van der Waals surface area contributed by atoms with Crippen LogP contribution in [0.1, 0.15) is 18.4 Å². The van der Waals surface area contributed by atoms with E-state index in [-0.39, 0.29) is 11.9 Å². The minimum atomic E-state index is -0.221. The van der Waals surface area contributed by atoms with E-state index in [0.717, 1.165) is 48.3 Å². The molecule has 2 heterocycles. The lowest BCUT2D eigenvalue weighted by atomic mass is 10.2. The van der Waals surface area contributed by atoms with Gasteiger partial charge in [-0.2, -0.15) is 0 Å². The Balaban J connectivity index is 1.53. The van der Waals surface area contributed by atoms with E-state index in [1.54, 1.807) is 23.9 Å². The van der Waals surface area contributed by atoms with Gasteiger partial charge in [0.15, 0.2) is 5.16 Å². The first-order valence-corrected chi connectivity index (χ1v) is 9.76. The first-order chi connectivity index (χ1) is 12.8. The maximum atomic E-state index is 13.0. The number of anilines is 1. The van der Waals surface area contributed by atoms with Crippen LogP contribution >= 0.6 is 11.8 Å². The molecular formula is C20H20FN3OS. The third-order valence-electron chi connectivity index (χ3n) is 4.39. The van der Waals surface area contributed by atoms with Gasteiger partial charge in [0.25, 0.3) is 0 Å². The largest absolute Gasteiger partial charge is 0.376 e. The summed E-state index contributed by atoms with van der Waals surface area (Å²) in [6.45, 7) is 1.60. The van der Waals surface area contributed by atoms with Crippen LogP contribution in [0.4, 0.5) is 10.2 Å². The number of hydrogen-bond acceptors (Lipinski definition) is 5. The molecule has 26 heavy (non-hydrogen) atoms. The summed E-state index contributed by atoms with van der Waals surface area (Å²) in [4.78, 5) is 9.36. The molecule has 3 aromatic rings. The van der Waals surface area contributed by atoms with Crippen LogP contribution < -0.4 is 5.32 Å². The van der Waals surface area contributed by atoms with Gasteiger partial charge in [0.05, 0.1) is 11.6 Å². The zero-order valence-corrected chi connectivity index (χ0v) is 15.1. The number of fused-ring (bicyclic) bond motifs is 1. The van der Waals surface area contributed by atoms with Crippen LogP contribution in [0.25, 0.3) is 10.9 Å². The summed E-state index contributed by atoms with van der Waals surface area (Å²) in [5.41, 5.74) is 1.96. The molecule has 1 saturated heterocycles. The second kappa shape index (κ2) is 8.01. The Morgan fingerprint density at radius 2 is 1.96 bits per heavy atom. The third-order valence-corrected chi connectivity index (χ3v) is 5.30. The highest BCUT2D eigenvalue weighted by molar-refractivity contribution is 7.98. The number of benzene rings is 2. The van der Waals surface area contributed by atoms with Crippen LogP contribution in [0.3, 0.4) is 0 Å². The third kappa shape index (κ3) is 4.14. The number of hydrogen-bond donors (Lipinski definition) is 1. The van der Waals surface area contributed by atoms with E-state index in [4.69, 9.17) is 9.72 Å². The molecule has 4 rings (SSSR count). The molecule has 0 amide bonds. The number of nitrogens with zero attached hydrogens (tertiary/aromatic N) is 2. The fourth-order valence-electron chi connectivity index (χ4n) is 3.00.